The first-order chi connectivity index (χ1) is 8.88. The van der Waals surface area contributed by atoms with Gasteiger partial charge < -0.3 is 5.11 Å². The summed E-state index contributed by atoms with van der Waals surface area (Å²) in [5.41, 5.74) is 5.04. The lowest BCUT2D eigenvalue weighted by molar-refractivity contribution is 0.0235. The predicted octanol–water partition coefficient (Wildman–Crippen LogP) is 1.10. The molecule has 0 amide bonds. The molecule has 0 saturated heterocycles. The van der Waals surface area contributed by atoms with Crippen molar-refractivity contribution in [3.05, 3.63) is 53.9 Å². The van der Waals surface area contributed by atoms with E-state index in [-0.39, 0.29) is 6.61 Å². The molecule has 0 fully saturated rings. The van der Waals surface area contributed by atoms with Gasteiger partial charge in [-0.1, -0.05) is 30.3 Å². The third kappa shape index (κ3) is 3.96. The van der Waals surface area contributed by atoms with Crippen molar-refractivity contribution in [2.24, 2.45) is 0 Å². The molecule has 0 aliphatic carbocycles. The van der Waals surface area contributed by atoms with Gasteiger partial charge >= 0.3 is 0 Å². The van der Waals surface area contributed by atoms with Crippen LogP contribution in [0.5, 0.6) is 0 Å². The van der Waals surface area contributed by atoms with E-state index in [4.69, 9.17) is 9.94 Å². The van der Waals surface area contributed by atoms with Gasteiger partial charge in [0.05, 0.1) is 26.0 Å². The summed E-state index contributed by atoms with van der Waals surface area (Å²) in [5, 5.41) is 12.9. The molecule has 0 radical (unpaired) electrons. The minimum absolute atomic E-state index is 0.0963. The van der Waals surface area contributed by atoms with Crippen LogP contribution in [0.3, 0.4) is 0 Å². The molecule has 96 valence electrons. The summed E-state index contributed by atoms with van der Waals surface area (Å²) in [7, 11) is 0. The first kappa shape index (κ1) is 12.8. The number of hydrogen-bond acceptors (Lipinski definition) is 4. The fourth-order valence-corrected chi connectivity index (χ4v) is 1.57. The maximum Gasteiger partial charge on any atom is 0.0933 e. The number of aliphatic hydroxyl groups is 1. The number of aromatic nitrogens is 2. The van der Waals surface area contributed by atoms with Gasteiger partial charge in [0.1, 0.15) is 0 Å². The molecule has 5 heteroatoms. The second-order valence-electron chi connectivity index (χ2n) is 3.93. The quantitative estimate of drug-likeness (QED) is 0.568. The van der Waals surface area contributed by atoms with Gasteiger partial charge in [0.15, 0.2) is 0 Å². The second-order valence-corrected chi connectivity index (χ2v) is 3.93. The number of hydrogen-bond donors (Lipinski definition) is 2. The van der Waals surface area contributed by atoms with Crippen molar-refractivity contribution in [3.8, 4) is 0 Å². The Labute approximate surface area is 106 Å². The van der Waals surface area contributed by atoms with Crippen molar-refractivity contribution in [1.82, 2.24) is 15.3 Å². The Morgan fingerprint density at radius 2 is 2.06 bits per heavy atom. The van der Waals surface area contributed by atoms with Gasteiger partial charge in [0.2, 0.25) is 0 Å². The van der Waals surface area contributed by atoms with Crippen molar-refractivity contribution in [1.29, 1.82) is 0 Å². The molecule has 5 nitrogen and oxygen atoms in total. The molecule has 0 unspecified atom stereocenters. The second kappa shape index (κ2) is 6.90. The molecule has 0 spiro atoms. The SMILES string of the molecule is OCCn1cc(CNOCc2ccccc2)cn1. The minimum Gasteiger partial charge on any atom is -0.394 e. The van der Waals surface area contributed by atoms with Crippen LogP contribution in [-0.4, -0.2) is 21.5 Å². The zero-order valence-electron chi connectivity index (χ0n) is 10.1. The van der Waals surface area contributed by atoms with Crippen molar-refractivity contribution in [2.75, 3.05) is 6.61 Å². The average Bonchev–Trinajstić information content (AvgIpc) is 2.84. The molecule has 2 aromatic rings. The Hall–Kier alpha value is -1.69. The lowest BCUT2D eigenvalue weighted by Crippen LogP contribution is -2.13. The lowest BCUT2D eigenvalue weighted by Gasteiger charge is -2.04. The van der Waals surface area contributed by atoms with E-state index in [1.807, 2.05) is 36.5 Å². The van der Waals surface area contributed by atoms with Crippen LogP contribution >= 0.6 is 0 Å². The van der Waals surface area contributed by atoms with Gasteiger partial charge in [-0.2, -0.15) is 10.6 Å². The molecule has 2 N–H and O–H groups in total. The van der Waals surface area contributed by atoms with Crippen LogP contribution < -0.4 is 5.48 Å². The maximum absolute atomic E-state index is 8.77. The Balaban J connectivity index is 1.68. The standard InChI is InChI=1S/C13H17N3O2/c17-7-6-16-10-13(8-14-16)9-15-18-11-12-4-2-1-3-5-12/h1-5,8,10,15,17H,6-7,9,11H2. The highest BCUT2D eigenvalue weighted by atomic mass is 16.6. The summed E-state index contributed by atoms with van der Waals surface area (Å²) in [6, 6.07) is 9.98. The third-order valence-corrected chi connectivity index (χ3v) is 2.48. The van der Waals surface area contributed by atoms with Crippen molar-refractivity contribution in [3.63, 3.8) is 0 Å². The van der Waals surface area contributed by atoms with Crippen LogP contribution in [0.4, 0.5) is 0 Å². The molecule has 0 bridgehead atoms. The molecule has 0 atom stereocenters. The lowest BCUT2D eigenvalue weighted by atomic mass is 10.2. The number of benzene rings is 1. The number of rotatable bonds is 7. The summed E-state index contributed by atoms with van der Waals surface area (Å²) in [6.45, 7) is 1.74. The van der Waals surface area contributed by atoms with Gasteiger partial charge in [-0.3, -0.25) is 9.52 Å². The fourth-order valence-electron chi connectivity index (χ4n) is 1.57. The van der Waals surface area contributed by atoms with Crippen molar-refractivity contribution >= 4 is 0 Å². The normalized spacial score (nSPS) is 10.7. The van der Waals surface area contributed by atoms with Crippen LogP contribution in [0.25, 0.3) is 0 Å². The number of hydroxylamine groups is 1. The van der Waals surface area contributed by atoms with Crippen LogP contribution in [0, 0.1) is 0 Å². The molecular formula is C13H17N3O2. The van der Waals surface area contributed by atoms with Crippen molar-refractivity contribution < 1.29 is 9.94 Å². The summed E-state index contributed by atoms with van der Waals surface area (Å²) in [5.74, 6) is 0. The van der Waals surface area contributed by atoms with E-state index >= 15 is 0 Å². The monoisotopic (exact) mass is 247 g/mol. The van der Waals surface area contributed by atoms with Gasteiger partial charge in [-0.05, 0) is 5.56 Å². The largest absolute Gasteiger partial charge is 0.394 e. The van der Waals surface area contributed by atoms with E-state index in [1.165, 1.54) is 0 Å². The molecule has 1 aromatic carbocycles. The number of nitrogens with zero attached hydrogens (tertiary/aromatic N) is 2. The van der Waals surface area contributed by atoms with E-state index in [2.05, 4.69) is 10.6 Å². The van der Waals surface area contributed by atoms with E-state index in [1.54, 1.807) is 10.9 Å². The third-order valence-electron chi connectivity index (χ3n) is 2.48. The first-order valence-corrected chi connectivity index (χ1v) is 5.89. The van der Waals surface area contributed by atoms with E-state index in [0.717, 1.165) is 11.1 Å². The molecule has 2 rings (SSSR count). The van der Waals surface area contributed by atoms with Gasteiger partial charge in [-0.25, -0.2) is 0 Å². The number of nitrogens with one attached hydrogen (secondary N) is 1. The molecule has 1 aromatic heterocycles. The van der Waals surface area contributed by atoms with E-state index in [0.29, 0.717) is 19.7 Å². The zero-order chi connectivity index (χ0) is 12.6. The van der Waals surface area contributed by atoms with Gasteiger partial charge in [0.25, 0.3) is 0 Å². The van der Waals surface area contributed by atoms with E-state index in [9.17, 15) is 0 Å². The van der Waals surface area contributed by atoms with Crippen LogP contribution in [0.1, 0.15) is 11.1 Å². The first-order valence-electron chi connectivity index (χ1n) is 5.89. The zero-order valence-corrected chi connectivity index (χ0v) is 10.1. The Morgan fingerprint density at radius 3 is 2.83 bits per heavy atom. The smallest absolute Gasteiger partial charge is 0.0933 e. The highest BCUT2D eigenvalue weighted by Gasteiger charge is 1.98. The molecular weight excluding hydrogens is 230 g/mol. The van der Waals surface area contributed by atoms with Crippen LogP contribution in [0.15, 0.2) is 42.7 Å². The molecule has 0 saturated carbocycles. The minimum atomic E-state index is 0.0963. The predicted molar refractivity (Wildman–Crippen MR) is 67.4 cm³/mol. The number of aliphatic hydroxyl groups excluding tert-OH is 1. The van der Waals surface area contributed by atoms with Gasteiger partial charge in [0, 0.05) is 18.3 Å². The summed E-state index contributed by atoms with van der Waals surface area (Å²) in [4.78, 5) is 5.36. The highest BCUT2D eigenvalue weighted by Crippen LogP contribution is 2.00. The Kier molecular flexibility index (Phi) is 4.89. The topological polar surface area (TPSA) is 59.3 Å². The van der Waals surface area contributed by atoms with Crippen molar-refractivity contribution in [2.45, 2.75) is 19.7 Å². The van der Waals surface area contributed by atoms with Crippen LogP contribution in [-0.2, 0) is 24.5 Å². The fraction of sp³-hybridized carbons (Fsp3) is 0.308. The van der Waals surface area contributed by atoms with Gasteiger partial charge in [-0.15, -0.1) is 0 Å². The molecule has 18 heavy (non-hydrogen) atoms. The molecule has 0 aliphatic heterocycles. The maximum atomic E-state index is 8.77. The highest BCUT2D eigenvalue weighted by molar-refractivity contribution is 5.13. The average molecular weight is 247 g/mol. The Morgan fingerprint density at radius 1 is 1.22 bits per heavy atom. The molecule has 0 aliphatic rings. The van der Waals surface area contributed by atoms with Crippen LogP contribution in [0.2, 0.25) is 0 Å². The summed E-state index contributed by atoms with van der Waals surface area (Å²) >= 11 is 0. The Bertz CT molecular complexity index is 456. The summed E-state index contributed by atoms with van der Waals surface area (Å²) in [6.07, 6.45) is 3.64. The summed E-state index contributed by atoms with van der Waals surface area (Å²) < 4.78 is 1.70. The van der Waals surface area contributed by atoms with E-state index < -0.39 is 0 Å². The molecule has 1 heterocycles.